The van der Waals surface area contributed by atoms with Crippen LogP contribution >= 0.6 is 0 Å². The van der Waals surface area contributed by atoms with E-state index in [1.54, 1.807) is 0 Å². The monoisotopic (exact) mass is 167 g/mol. The molecule has 0 aliphatic rings. The van der Waals surface area contributed by atoms with Gasteiger partial charge >= 0.3 is 0 Å². The van der Waals surface area contributed by atoms with Crippen molar-refractivity contribution >= 4 is 0 Å². The summed E-state index contributed by atoms with van der Waals surface area (Å²) >= 11 is 0. The van der Waals surface area contributed by atoms with Gasteiger partial charge in [0.2, 0.25) is 6.33 Å². The second kappa shape index (κ2) is 4.59. The topological polar surface area (TPSA) is 18.0 Å². The fraction of sp³-hybridized carbons (Fsp3) is 0.444. The average Bonchev–Trinajstić information content (AvgIpc) is 2.53. The molecule has 12 heavy (non-hydrogen) atoms. The second-order valence-electron chi connectivity index (χ2n) is 2.52. The number of hydrogen-bond donors (Lipinski definition) is 0. The van der Waals surface area contributed by atoms with Gasteiger partial charge in [-0.05, 0) is 6.92 Å². The number of aromatic nitrogens is 2. The van der Waals surface area contributed by atoms with E-state index in [1.165, 1.54) is 6.26 Å². The van der Waals surface area contributed by atoms with Crippen molar-refractivity contribution in [3.8, 4) is 0 Å². The smallest absolute Gasteiger partial charge is 0.243 e. The molecular weight excluding hydrogens is 152 g/mol. The first-order chi connectivity index (χ1) is 5.86. The van der Waals surface area contributed by atoms with Crippen molar-refractivity contribution in [3.05, 3.63) is 31.6 Å². The molecule has 0 aromatic carbocycles. The molecule has 0 unspecified atom stereocenters. The highest BCUT2D eigenvalue weighted by atomic mass is 16.5. The number of rotatable bonds is 5. The van der Waals surface area contributed by atoms with Crippen molar-refractivity contribution in [3.63, 3.8) is 0 Å². The maximum atomic E-state index is 5.01. The minimum Gasteiger partial charge on any atom is -0.498 e. The Balaban J connectivity index is 2.36. The molecule has 0 fully saturated rings. The van der Waals surface area contributed by atoms with E-state index in [4.69, 9.17) is 4.74 Å². The summed E-state index contributed by atoms with van der Waals surface area (Å²) in [4.78, 5) is 0. The Kier molecular flexibility index (Phi) is 3.38. The van der Waals surface area contributed by atoms with Crippen molar-refractivity contribution in [2.24, 2.45) is 0 Å². The van der Waals surface area contributed by atoms with Crippen LogP contribution in [0.15, 0.2) is 31.6 Å². The predicted molar refractivity (Wildman–Crippen MR) is 46.5 cm³/mol. The van der Waals surface area contributed by atoms with E-state index in [9.17, 15) is 0 Å². The van der Waals surface area contributed by atoms with E-state index in [-0.39, 0.29) is 0 Å². The zero-order chi connectivity index (χ0) is 8.81. The Bertz CT molecular complexity index is 242. The Morgan fingerprint density at radius 2 is 2.50 bits per heavy atom. The number of imidazole rings is 1. The van der Waals surface area contributed by atoms with E-state index in [2.05, 4.69) is 29.0 Å². The third kappa shape index (κ3) is 2.42. The Morgan fingerprint density at radius 1 is 1.67 bits per heavy atom. The third-order valence-corrected chi connectivity index (χ3v) is 1.70. The Hall–Kier alpha value is -1.25. The summed E-state index contributed by atoms with van der Waals surface area (Å²) in [5.74, 6) is 0. The summed E-state index contributed by atoms with van der Waals surface area (Å²) in [6.45, 7) is 8.16. The van der Waals surface area contributed by atoms with Gasteiger partial charge in [0.25, 0.3) is 0 Å². The van der Waals surface area contributed by atoms with Crippen molar-refractivity contribution in [2.75, 3.05) is 6.61 Å². The molecule has 0 radical (unpaired) electrons. The van der Waals surface area contributed by atoms with Crippen LogP contribution in [0.3, 0.4) is 0 Å². The molecule has 3 heteroatoms. The third-order valence-electron chi connectivity index (χ3n) is 1.70. The number of nitrogens with zero attached hydrogens (tertiary/aromatic N) is 2. The summed E-state index contributed by atoms with van der Waals surface area (Å²) in [7, 11) is 0. The molecule has 0 spiro atoms. The van der Waals surface area contributed by atoms with Crippen LogP contribution in [0.2, 0.25) is 0 Å². The fourth-order valence-corrected chi connectivity index (χ4v) is 1.000. The van der Waals surface area contributed by atoms with E-state index in [1.807, 2.05) is 12.4 Å². The average molecular weight is 167 g/mol. The van der Waals surface area contributed by atoms with Gasteiger partial charge in [-0.1, -0.05) is 6.58 Å². The van der Waals surface area contributed by atoms with Crippen LogP contribution in [0.4, 0.5) is 0 Å². The van der Waals surface area contributed by atoms with Gasteiger partial charge in [-0.25, -0.2) is 9.13 Å². The molecule has 1 heterocycles. The lowest BCUT2D eigenvalue weighted by Crippen LogP contribution is -2.33. The number of ether oxygens (including phenoxy) is 1. The maximum absolute atomic E-state index is 5.01. The first kappa shape index (κ1) is 8.84. The second-order valence-corrected chi connectivity index (χ2v) is 2.52. The normalized spacial score (nSPS) is 9.75. The van der Waals surface area contributed by atoms with Crippen LogP contribution < -0.4 is 4.57 Å². The van der Waals surface area contributed by atoms with Gasteiger partial charge in [0.1, 0.15) is 25.5 Å². The quantitative estimate of drug-likeness (QED) is 0.363. The lowest BCUT2D eigenvalue weighted by molar-refractivity contribution is -0.697. The van der Waals surface area contributed by atoms with Crippen LogP contribution in [0, 0.1) is 0 Å². The number of aryl methyl sites for hydroxylation is 1. The lowest BCUT2D eigenvalue weighted by Gasteiger charge is -1.95. The summed E-state index contributed by atoms with van der Waals surface area (Å²) in [5.41, 5.74) is 0. The molecule has 1 aromatic heterocycles. The molecule has 1 aromatic rings. The van der Waals surface area contributed by atoms with Gasteiger partial charge in [-0.3, -0.25) is 0 Å². The molecular formula is C9H15N2O+. The minimum absolute atomic E-state index is 0.682. The molecule has 1 rings (SSSR count). The molecule has 3 nitrogen and oxygen atoms in total. The van der Waals surface area contributed by atoms with E-state index in [0.29, 0.717) is 6.61 Å². The Labute approximate surface area is 72.9 Å². The van der Waals surface area contributed by atoms with Crippen LogP contribution in [0.5, 0.6) is 0 Å². The molecule has 0 saturated carbocycles. The molecule has 0 aliphatic heterocycles. The van der Waals surface area contributed by atoms with Gasteiger partial charge < -0.3 is 4.74 Å². The SMILES string of the molecule is C=COCC[n+]1ccn(CC)c1. The van der Waals surface area contributed by atoms with Crippen LogP contribution in [-0.4, -0.2) is 11.2 Å². The van der Waals surface area contributed by atoms with Crippen molar-refractivity contribution in [1.82, 2.24) is 4.57 Å². The molecule has 0 aliphatic carbocycles. The highest BCUT2D eigenvalue weighted by Crippen LogP contribution is 1.83. The van der Waals surface area contributed by atoms with Crippen molar-refractivity contribution in [1.29, 1.82) is 0 Å². The van der Waals surface area contributed by atoms with E-state index in [0.717, 1.165) is 13.1 Å². The molecule has 0 saturated heterocycles. The van der Waals surface area contributed by atoms with Crippen molar-refractivity contribution in [2.45, 2.75) is 20.0 Å². The van der Waals surface area contributed by atoms with Gasteiger partial charge in [0, 0.05) is 0 Å². The highest BCUT2D eigenvalue weighted by Gasteiger charge is 1.99. The van der Waals surface area contributed by atoms with Crippen LogP contribution in [0.1, 0.15) is 6.92 Å². The van der Waals surface area contributed by atoms with Crippen LogP contribution in [-0.2, 0) is 17.8 Å². The van der Waals surface area contributed by atoms with Gasteiger partial charge in [0.15, 0.2) is 0 Å². The summed E-state index contributed by atoms with van der Waals surface area (Å²) in [6, 6.07) is 0. The van der Waals surface area contributed by atoms with Gasteiger partial charge in [-0.2, -0.15) is 0 Å². The largest absolute Gasteiger partial charge is 0.498 e. The molecule has 0 bridgehead atoms. The van der Waals surface area contributed by atoms with Crippen LogP contribution in [0.25, 0.3) is 0 Å². The van der Waals surface area contributed by atoms with E-state index < -0.39 is 0 Å². The maximum Gasteiger partial charge on any atom is 0.243 e. The first-order valence-corrected chi connectivity index (χ1v) is 4.14. The first-order valence-electron chi connectivity index (χ1n) is 4.14. The molecule has 0 amide bonds. The summed E-state index contributed by atoms with van der Waals surface area (Å²) in [5, 5.41) is 0. The minimum atomic E-state index is 0.682. The molecule has 0 N–H and O–H groups in total. The predicted octanol–water partition coefficient (Wildman–Crippen LogP) is 0.956. The standard InChI is InChI=1S/C9H15N2O/c1-3-10-5-6-11(9-10)7-8-12-4-2/h4-6,9H,2-3,7-8H2,1H3/q+1. The highest BCUT2D eigenvalue weighted by molar-refractivity contribution is 4.64. The number of hydrogen-bond acceptors (Lipinski definition) is 1. The molecule has 66 valence electrons. The summed E-state index contributed by atoms with van der Waals surface area (Å²) in [6.07, 6.45) is 7.62. The zero-order valence-corrected chi connectivity index (χ0v) is 7.44. The zero-order valence-electron chi connectivity index (χ0n) is 7.44. The van der Waals surface area contributed by atoms with Gasteiger partial charge in [-0.15, -0.1) is 0 Å². The fourth-order valence-electron chi connectivity index (χ4n) is 1.000. The van der Waals surface area contributed by atoms with E-state index >= 15 is 0 Å². The molecule has 0 atom stereocenters. The summed E-state index contributed by atoms with van der Waals surface area (Å²) < 4.78 is 9.22. The van der Waals surface area contributed by atoms with Gasteiger partial charge in [0.05, 0.1) is 12.8 Å². The lowest BCUT2D eigenvalue weighted by atomic mass is 10.7. The van der Waals surface area contributed by atoms with Crippen molar-refractivity contribution < 1.29 is 9.30 Å². The Morgan fingerprint density at radius 3 is 3.08 bits per heavy atom.